The number of carboxylic acids is 1. The average molecular weight is 255 g/mol. The van der Waals surface area contributed by atoms with E-state index in [0.717, 1.165) is 12.3 Å². The molecule has 0 saturated carbocycles. The Bertz CT molecular complexity index is 482. The molecule has 1 aromatic heterocycles. The first-order valence-electron chi connectivity index (χ1n) is 5.14. The van der Waals surface area contributed by atoms with Gasteiger partial charge in [0, 0.05) is 19.7 Å². The van der Waals surface area contributed by atoms with Gasteiger partial charge in [-0.1, -0.05) is 6.92 Å². The Morgan fingerprint density at radius 1 is 1.61 bits per heavy atom. The van der Waals surface area contributed by atoms with Crippen molar-refractivity contribution in [3.8, 4) is 0 Å². The van der Waals surface area contributed by atoms with Crippen molar-refractivity contribution in [1.29, 1.82) is 0 Å². The zero-order valence-electron chi connectivity index (χ0n) is 9.91. The summed E-state index contributed by atoms with van der Waals surface area (Å²) in [6.45, 7) is 1.50. The summed E-state index contributed by atoms with van der Waals surface area (Å²) in [7, 11) is 1.44. The van der Waals surface area contributed by atoms with Crippen molar-refractivity contribution < 1.29 is 19.6 Å². The summed E-state index contributed by atoms with van der Waals surface area (Å²) in [4.78, 5) is 36.0. The molecule has 0 aliphatic heterocycles. The summed E-state index contributed by atoms with van der Waals surface area (Å²) in [6, 6.07) is 1.12. The van der Waals surface area contributed by atoms with Crippen LogP contribution in [0.2, 0.25) is 0 Å². The minimum atomic E-state index is -1.01. The molecular formula is C10H13N3O5. The Morgan fingerprint density at radius 2 is 2.22 bits per heavy atom. The van der Waals surface area contributed by atoms with Crippen molar-refractivity contribution in [1.82, 2.24) is 9.88 Å². The van der Waals surface area contributed by atoms with Gasteiger partial charge in [0.25, 0.3) is 11.6 Å². The predicted molar refractivity (Wildman–Crippen MR) is 61.2 cm³/mol. The van der Waals surface area contributed by atoms with Crippen molar-refractivity contribution in [2.45, 2.75) is 6.92 Å². The number of aliphatic carboxylic acids is 1. The number of rotatable bonds is 5. The third-order valence-corrected chi connectivity index (χ3v) is 2.42. The van der Waals surface area contributed by atoms with Crippen LogP contribution in [0.1, 0.15) is 17.4 Å². The Hall–Kier alpha value is -2.38. The van der Waals surface area contributed by atoms with Gasteiger partial charge < -0.3 is 15.0 Å². The molecule has 1 amide bonds. The van der Waals surface area contributed by atoms with Crippen LogP contribution in [0.25, 0.3) is 0 Å². The molecular weight excluding hydrogens is 242 g/mol. The molecule has 0 saturated heterocycles. The molecule has 0 aliphatic rings. The number of carbonyl (C=O) groups excluding carboxylic acids is 1. The van der Waals surface area contributed by atoms with E-state index in [1.165, 1.54) is 18.9 Å². The molecule has 0 aromatic carbocycles. The van der Waals surface area contributed by atoms with Gasteiger partial charge in [0.15, 0.2) is 0 Å². The van der Waals surface area contributed by atoms with E-state index in [4.69, 9.17) is 5.11 Å². The van der Waals surface area contributed by atoms with Gasteiger partial charge in [-0.15, -0.1) is 0 Å². The van der Waals surface area contributed by atoms with Crippen molar-refractivity contribution in [2.75, 3.05) is 13.6 Å². The number of hydrogen-bond donors (Lipinski definition) is 2. The van der Waals surface area contributed by atoms with Gasteiger partial charge >= 0.3 is 5.97 Å². The minimum absolute atomic E-state index is 0.0288. The molecule has 1 aromatic rings. The van der Waals surface area contributed by atoms with Crippen LogP contribution in [0.3, 0.4) is 0 Å². The number of nitrogens with zero attached hydrogens (tertiary/aromatic N) is 2. The fourth-order valence-corrected chi connectivity index (χ4v) is 1.39. The molecule has 98 valence electrons. The SMILES string of the molecule is CC(CN(C)C(=O)c1cc([N+](=O)[O-])c[nH]1)C(=O)O. The minimum Gasteiger partial charge on any atom is -0.481 e. The van der Waals surface area contributed by atoms with E-state index in [2.05, 4.69) is 4.98 Å². The van der Waals surface area contributed by atoms with E-state index in [-0.39, 0.29) is 17.9 Å². The maximum atomic E-state index is 11.8. The summed E-state index contributed by atoms with van der Waals surface area (Å²) in [5, 5.41) is 19.2. The third kappa shape index (κ3) is 3.06. The van der Waals surface area contributed by atoms with Crippen molar-refractivity contribution in [3.63, 3.8) is 0 Å². The number of H-pyrrole nitrogens is 1. The highest BCUT2D eigenvalue weighted by molar-refractivity contribution is 5.93. The van der Waals surface area contributed by atoms with Gasteiger partial charge in [-0.2, -0.15) is 0 Å². The highest BCUT2D eigenvalue weighted by Gasteiger charge is 2.21. The van der Waals surface area contributed by atoms with Crippen LogP contribution < -0.4 is 0 Å². The molecule has 0 aliphatic carbocycles. The zero-order chi connectivity index (χ0) is 13.9. The fraction of sp³-hybridized carbons (Fsp3) is 0.400. The van der Waals surface area contributed by atoms with E-state index >= 15 is 0 Å². The van der Waals surface area contributed by atoms with Gasteiger partial charge in [0.05, 0.1) is 17.0 Å². The molecule has 1 heterocycles. The molecule has 1 atom stereocenters. The Balaban J connectivity index is 2.74. The average Bonchev–Trinajstić information content (AvgIpc) is 2.76. The van der Waals surface area contributed by atoms with Crippen LogP contribution in [0, 0.1) is 16.0 Å². The van der Waals surface area contributed by atoms with Crippen LogP contribution in [-0.4, -0.2) is 45.4 Å². The molecule has 1 unspecified atom stereocenters. The van der Waals surface area contributed by atoms with Crippen LogP contribution in [-0.2, 0) is 4.79 Å². The molecule has 0 fully saturated rings. The lowest BCUT2D eigenvalue weighted by atomic mass is 10.1. The van der Waals surface area contributed by atoms with Crippen LogP contribution in [0.15, 0.2) is 12.3 Å². The highest BCUT2D eigenvalue weighted by atomic mass is 16.6. The number of carboxylic acid groups (broad SMARTS) is 1. The summed E-state index contributed by atoms with van der Waals surface area (Å²) in [5.41, 5.74) is -0.153. The Kier molecular flexibility index (Phi) is 4.03. The van der Waals surface area contributed by atoms with Gasteiger partial charge in [-0.05, 0) is 0 Å². The van der Waals surface area contributed by atoms with Gasteiger partial charge in [0.2, 0.25) is 0 Å². The molecule has 0 bridgehead atoms. The largest absolute Gasteiger partial charge is 0.481 e. The topological polar surface area (TPSA) is 117 Å². The Morgan fingerprint density at radius 3 is 2.67 bits per heavy atom. The van der Waals surface area contributed by atoms with Crippen molar-refractivity contribution in [2.24, 2.45) is 5.92 Å². The molecule has 1 rings (SSSR count). The summed E-state index contributed by atoms with van der Waals surface area (Å²) < 4.78 is 0. The number of amides is 1. The summed E-state index contributed by atoms with van der Waals surface area (Å²) >= 11 is 0. The quantitative estimate of drug-likeness (QED) is 0.593. The second-order valence-corrected chi connectivity index (χ2v) is 3.95. The van der Waals surface area contributed by atoms with Gasteiger partial charge in [-0.25, -0.2) is 0 Å². The second-order valence-electron chi connectivity index (χ2n) is 3.95. The van der Waals surface area contributed by atoms with Gasteiger partial charge in [0.1, 0.15) is 5.69 Å². The van der Waals surface area contributed by atoms with Gasteiger partial charge in [-0.3, -0.25) is 19.7 Å². The van der Waals surface area contributed by atoms with Crippen molar-refractivity contribution in [3.05, 3.63) is 28.1 Å². The van der Waals surface area contributed by atoms with E-state index in [9.17, 15) is 19.7 Å². The monoisotopic (exact) mass is 255 g/mol. The number of hydrogen-bond acceptors (Lipinski definition) is 4. The molecule has 8 nitrogen and oxygen atoms in total. The first-order chi connectivity index (χ1) is 8.32. The summed E-state index contributed by atoms with van der Waals surface area (Å²) in [6.07, 6.45) is 1.11. The zero-order valence-corrected chi connectivity index (χ0v) is 9.91. The van der Waals surface area contributed by atoms with E-state index < -0.39 is 22.7 Å². The normalized spacial score (nSPS) is 11.9. The van der Waals surface area contributed by atoms with E-state index in [0.29, 0.717) is 0 Å². The lowest BCUT2D eigenvalue weighted by Crippen LogP contribution is -2.33. The highest BCUT2D eigenvalue weighted by Crippen LogP contribution is 2.14. The van der Waals surface area contributed by atoms with E-state index in [1.807, 2.05) is 0 Å². The van der Waals surface area contributed by atoms with Crippen LogP contribution in [0.5, 0.6) is 0 Å². The second kappa shape index (κ2) is 5.30. The maximum absolute atomic E-state index is 11.8. The molecule has 8 heteroatoms. The fourth-order valence-electron chi connectivity index (χ4n) is 1.39. The number of nitro groups is 1. The lowest BCUT2D eigenvalue weighted by Gasteiger charge is -2.18. The third-order valence-electron chi connectivity index (χ3n) is 2.42. The smallest absolute Gasteiger partial charge is 0.308 e. The van der Waals surface area contributed by atoms with Crippen LogP contribution in [0.4, 0.5) is 5.69 Å². The maximum Gasteiger partial charge on any atom is 0.308 e. The molecule has 2 N–H and O–H groups in total. The van der Waals surface area contributed by atoms with Crippen LogP contribution >= 0.6 is 0 Å². The molecule has 0 spiro atoms. The predicted octanol–water partition coefficient (Wildman–Crippen LogP) is 0.716. The first kappa shape index (κ1) is 13.7. The number of aromatic amines is 1. The Labute approximate surface area is 102 Å². The lowest BCUT2D eigenvalue weighted by molar-refractivity contribution is -0.384. The first-order valence-corrected chi connectivity index (χ1v) is 5.14. The standard InChI is InChI=1S/C10H13N3O5/c1-6(10(15)16)5-12(2)9(14)8-3-7(4-11-8)13(17)18/h3-4,6,11H,5H2,1-2H3,(H,15,16). The molecule has 18 heavy (non-hydrogen) atoms. The molecule has 0 radical (unpaired) electrons. The van der Waals surface area contributed by atoms with E-state index in [1.54, 1.807) is 0 Å². The number of nitrogens with one attached hydrogen (secondary N) is 1. The van der Waals surface area contributed by atoms with Crippen molar-refractivity contribution >= 4 is 17.6 Å². The number of carbonyl (C=O) groups is 2. The summed E-state index contributed by atoms with van der Waals surface area (Å²) in [5.74, 6) is -2.20. The number of aromatic nitrogens is 1.